The summed E-state index contributed by atoms with van der Waals surface area (Å²) in [4.78, 5) is 14.3. The van der Waals surface area contributed by atoms with Gasteiger partial charge in [0.15, 0.2) is 0 Å². The summed E-state index contributed by atoms with van der Waals surface area (Å²) in [6.45, 7) is 6.19. The number of hydrogen-bond donors (Lipinski definition) is 2. The molecule has 110 valence electrons. The number of carbonyl (C=O) groups excluding carboxylic acids is 1. The van der Waals surface area contributed by atoms with Crippen LogP contribution in [0.1, 0.15) is 33.1 Å². The molecule has 4 heteroatoms. The summed E-state index contributed by atoms with van der Waals surface area (Å²) in [6, 6.07) is 7.89. The maximum atomic E-state index is 12.1. The zero-order chi connectivity index (χ0) is 14.5. The fourth-order valence-electron chi connectivity index (χ4n) is 2.83. The third-order valence-electron chi connectivity index (χ3n) is 4.08. The van der Waals surface area contributed by atoms with Crippen LogP contribution in [0.2, 0.25) is 0 Å². The highest BCUT2D eigenvalue weighted by molar-refractivity contribution is 5.93. The van der Waals surface area contributed by atoms with Gasteiger partial charge in [0.25, 0.3) is 0 Å². The van der Waals surface area contributed by atoms with E-state index < -0.39 is 6.10 Å². The van der Waals surface area contributed by atoms with E-state index in [1.165, 1.54) is 0 Å². The molecule has 2 rings (SSSR count). The zero-order valence-corrected chi connectivity index (χ0v) is 12.3. The van der Waals surface area contributed by atoms with Gasteiger partial charge in [0, 0.05) is 24.5 Å². The van der Waals surface area contributed by atoms with E-state index in [2.05, 4.69) is 24.1 Å². The van der Waals surface area contributed by atoms with Gasteiger partial charge in [-0.25, -0.2) is 0 Å². The van der Waals surface area contributed by atoms with Gasteiger partial charge in [-0.2, -0.15) is 0 Å². The molecule has 0 radical (unpaired) electrons. The number of nitrogens with zero attached hydrogens (tertiary/aromatic N) is 1. The third kappa shape index (κ3) is 3.31. The van der Waals surface area contributed by atoms with Gasteiger partial charge in [-0.15, -0.1) is 0 Å². The first-order chi connectivity index (χ1) is 9.65. The minimum Gasteiger partial charge on any atom is -0.392 e. The normalized spacial score (nSPS) is 21.8. The first-order valence-corrected chi connectivity index (χ1v) is 7.49. The second-order valence-electron chi connectivity index (χ2n) is 5.31. The maximum Gasteiger partial charge on any atom is 0.230 e. The van der Waals surface area contributed by atoms with E-state index in [1.807, 2.05) is 24.3 Å². The van der Waals surface area contributed by atoms with Crippen LogP contribution in [0, 0.1) is 5.92 Å². The molecule has 0 heterocycles. The van der Waals surface area contributed by atoms with Crippen molar-refractivity contribution in [3.63, 3.8) is 0 Å². The highest BCUT2D eigenvalue weighted by Crippen LogP contribution is 2.27. The smallest absolute Gasteiger partial charge is 0.230 e. The Morgan fingerprint density at radius 3 is 2.40 bits per heavy atom. The average Bonchev–Trinajstić information content (AvgIpc) is 2.88. The minimum atomic E-state index is -0.482. The van der Waals surface area contributed by atoms with E-state index in [0.29, 0.717) is 0 Å². The molecule has 0 spiro atoms. The standard InChI is InChI=1S/C16H24N2O2/c1-3-18(4-2)13-10-8-12(9-11-13)17-16(20)14-6-5-7-15(14)19/h8-11,14-15,19H,3-7H2,1-2H3,(H,17,20). The van der Waals surface area contributed by atoms with E-state index in [4.69, 9.17) is 0 Å². The molecule has 0 bridgehead atoms. The van der Waals surface area contributed by atoms with E-state index in [0.717, 1.165) is 43.7 Å². The van der Waals surface area contributed by atoms with Gasteiger partial charge in [-0.3, -0.25) is 4.79 Å². The molecule has 0 aromatic heterocycles. The van der Waals surface area contributed by atoms with Crippen molar-refractivity contribution >= 4 is 17.3 Å². The van der Waals surface area contributed by atoms with Crippen LogP contribution < -0.4 is 10.2 Å². The van der Waals surface area contributed by atoms with Crippen LogP contribution in [0.15, 0.2) is 24.3 Å². The first kappa shape index (κ1) is 14.9. The third-order valence-corrected chi connectivity index (χ3v) is 4.08. The Balaban J connectivity index is 1.98. The topological polar surface area (TPSA) is 52.6 Å². The molecule has 20 heavy (non-hydrogen) atoms. The summed E-state index contributed by atoms with van der Waals surface area (Å²) in [6.07, 6.45) is 1.97. The quantitative estimate of drug-likeness (QED) is 0.869. The number of anilines is 2. The number of hydrogen-bond acceptors (Lipinski definition) is 3. The lowest BCUT2D eigenvalue weighted by atomic mass is 10.1. The van der Waals surface area contributed by atoms with E-state index in [9.17, 15) is 9.90 Å². The number of carbonyl (C=O) groups is 1. The van der Waals surface area contributed by atoms with Crippen molar-refractivity contribution in [3.8, 4) is 0 Å². The molecule has 1 saturated carbocycles. The summed E-state index contributed by atoms with van der Waals surface area (Å²) in [5, 5.41) is 12.6. The van der Waals surface area contributed by atoms with Crippen LogP contribution in [-0.4, -0.2) is 30.2 Å². The lowest BCUT2D eigenvalue weighted by Gasteiger charge is -2.21. The Bertz CT molecular complexity index is 440. The first-order valence-electron chi connectivity index (χ1n) is 7.49. The molecule has 1 aromatic carbocycles. The number of rotatable bonds is 5. The van der Waals surface area contributed by atoms with E-state index in [1.54, 1.807) is 0 Å². The molecule has 1 aliphatic rings. The molecule has 1 aliphatic carbocycles. The van der Waals surface area contributed by atoms with Crippen LogP contribution in [-0.2, 0) is 4.79 Å². The lowest BCUT2D eigenvalue weighted by molar-refractivity contribution is -0.122. The Morgan fingerprint density at radius 1 is 1.25 bits per heavy atom. The van der Waals surface area contributed by atoms with Crippen LogP contribution in [0.5, 0.6) is 0 Å². The van der Waals surface area contributed by atoms with Gasteiger partial charge in [0.05, 0.1) is 12.0 Å². The summed E-state index contributed by atoms with van der Waals surface area (Å²) in [5.74, 6) is -0.317. The van der Waals surface area contributed by atoms with Gasteiger partial charge in [-0.05, 0) is 57.4 Å². The SMILES string of the molecule is CCN(CC)c1ccc(NC(=O)C2CCCC2O)cc1. The molecular formula is C16H24N2O2. The van der Waals surface area contributed by atoms with Gasteiger partial charge in [0.1, 0.15) is 0 Å². The molecule has 0 aliphatic heterocycles. The lowest BCUT2D eigenvalue weighted by Crippen LogP contribution is -2.28. The Kier molecular flexibility index (Phi) is 5.01. The summed E-state index contributed by atoms with van der Waals surface area (Å²) in [7, 11) is 0. The van der Waals surface area contributed by atoms with Gasteiger partial charge in [-0.1, -0.05) is 0 Å². The molecule has 1 amide bonds. The van der Waals surface area contributed by atoms with Crippen LogP contribution >= 0.6 is 0 Å². The Labute approximate surface area is 120 Å². The number of aliphatic hydroxyl groups is 1. The molecule has 2 atom stereocenters. The Hall–Kier alpha value is -1.55. The number of aliphatic hydroxyl groups excluding tert-OH is 1. The van der Waals surface area contributed by atoms with Crippen molar-refractivity contribution in [1.82, 2.24) is 0 Å². The summed E-state index contributed by atoms with van der Waals surface area (Å²) >= 11 is 0. The highest BCUT2D eigenvalue weighted by Gasteiger charge is 2.31. The second-order valence-corrected chi connectivity index (χ2v) is 5.31. The van der Waals surface area contributed by atoms with Crippen molar-refractivity contribution < 1.29 is 9.90 Å². The van der Waals surface area contributed by atoms with Gasteiger partial charge in [0.2, 0.25) is 5.91 Å². The van der Waals surface area contributed by atoms with E-state index >= 15 is 0 Å². The number of amides is 1. The van der Waals surface area contributed by atoms with Crippen LogP contribution in [0.4, 0.5) is 11.4 Å². The molecule has 0 saturated heterocycles. The fraction of sp³-hybridized carbons (Fsp3) is 0.562. The van der Waals surface area contributed by atoms with Crippen LogP contribution in [0.3, 0.4) is 0 Å². The van der Waals surface area contributed by atoms with Crippen molar-refractivity contribution in [2.45, 2.75) is 39.2 Å². The molecule has 2 unspecified atom stereocenters. The maximum absolute atomic E-state index is 12.1. The second kappa shape index (κ2) is 6.75. The Morgan fingerprint density at radius 2 is 1.90 bits per heavy atom. The van der Waals surface area contributed by atoms with Crippen LogP contribution in [0.25, 0.3) is 0 Å². The van der Waals surface area contributed by atoms with Crippen molar-refractivity contribution in [2.75, 3.05) is 23.3 Å². The monoisotopic (exact) mass is 276 g/mol. The van der Waals surface area contributed by atoms with Crippen molar-refractivity contribution in [1.29, 1.82) is 0 Å². The summed E-state index contributed by atoms with van der Waals surface area (Å²) in [5.41, 5.74) is 1.96. The van der Waals surface area contributed by atoms with E-state index in [-0.39, 0.29) is 11.8 Å². The van der Waals surface area contributed by atoms with Gasteiger partial charge >= 0.3 is 0 Å². The van der Waals surface area contributed by atoms with Crippen molar-refractivity contribution in [2.24, 2.45) is 5.92 Å². The fourth-order valence-corrected chi connectivity index (χ4v) is 2.83. The molecule has 1 aromatic rings. The highest BCUT2D eigenvalue weighted by atomic mass is 16.3. The molecule has 4 nitrogen and oxygen atoms in total. The molecule has 1 fully saturated rings. The predicted octanol–water partition coefficient (Wildman–Crippen LogP) is 2.63. The predicted molar refractivity (Wildman–Crippen MR) is 82.0 cm³/mol. The molecule has 2 N–H and O–H groups in total. The number of nitrogens with one attached hydrogen (secondary N) is 1. The number of benzene rings is 1. The largest absolute Gasteiger partial charge is 0.392 e. The molecular weight excluding hydrogens is 252 g/mol. The average molecular weight is 276 g/mol. The minimum absolute atomic E-state index is 0.0643. The van der Waals surface area contributed by atoms with Gasteiger partial charge < -0.3 is 15.3 Å². The van der Waals surface area contributed by atoms with Crippen molar-refractivity contribution in [3.05, 3.63) is 24.3 Å². The summed E-state index contributed by atoms with van der Waals surface area (Å²) < 4.78 is 0. The zero-order valence-electron chi connectivity index (χ0n) is 12.3.